The lowest BCUT2D eigenvalue weighted by molar-refractivity contribution is -0.117. The molecule has 182 valence electrons. The number of pyridine rings is 1. The SMILES string of the molecule is [C-]#[N+]c1c(N2CCC(N3CCC[C@H]3C)CC2)nc(SC(C(N)=O)c2ccccc2)c(C#N)c1CC. The number of amides is 1. The lowest BCUT2D eigenvalue weighted by Gasteiger charge is -2.39. The minimum Gasteiger partial charge on any atom is -0.368 e. The van der Waals surface area contributed by atoms with Crippen molar-refractivity contribution in [3.8, 4) is 6.07 Å². The van der Waals surface area contributed by atoms with Crippen LogP contribution in [0.15, 0.2) is 35.4 Å². The number of primary amides is 1. The number of anilines is 1. The van der Waals surface area contributed by atoms with E-state index in [0.29, 0.717) is 46.2 Å². The molecule has 2 fully saturated rings. The summed E-state index contributed by atoms with van der Waals surface area (Å²) < 4.78 is 0. The van der Waals surface area contributed by atoms with Crippen LogP contribution in [0, 0.1) is 17.9 Å². The van der Waals surface area contributed by atoms with Gasteiger partial charge in [-0.15, -0.1) is 0 Å². The highest BCUT2D eigenvalue weighted by Gasteiger charge is 2.33. The number of rotatable bonds is 7. The molecule has 1 aromatic heterocycles. The lowest BCUT2D eigenvalue weighted by atomic mass is 10.0. The van der Waals surface area contributed by atoms with Crippen LogP contribution >= 0.6 is 11.8 Å². The Bertz CT molecular complexity index is 1150. The van der Waals surface area contributed by atoms with Gasteiger partial charge >= 0.3 is 0 Å². The van der Waals surface area contributed by atoms with Crippen molar-refractivity contribution in [3.05, 3.63) is 58.4 Å². The summed E-state index contributed by atoms with van der Waals surface area (Å²) in [5.41, 5.74) is 8.06. The van der Waals surface area contributed by atoms with Gasteiger partial charge in [-0.1, -0.05) is 49.0 Å². The van der Waals surface area contributed by atoms with Gasteiger partial charge in [-0.3, -0.25) is 9.69 Å². The molecule has 2 atom stereocenters. The largest absolute Gasteiger partial charge is 0.368 e. The number of thioether (sulfide) groups is 1. The molecule has 1 unspecified atom stereocenters. The molecule has 2 aliphatic heterocycles. The van der Waals surface area contributed by atoms with Gasteiger partial charge in [-0.05, 0) is 56.7 Å². The van der Waals surface area contributed by atoms with Crippen LogP contribution in [0.5, 0.6) is 0 Å². The quantitative estimate of drug-likeness (QED) is 0.443. The standard InChI is InChI=1S/C27H32N6OS/c1-4-21-22(17-28)27(35-24(25(29)34)19-10-6-5-7-11-19)31-26(23(21)30-3)32-15-12-20(13-16-32)33-14-8-9-18(33)2/h5-7,10-11,18,20,24H,4,8-9,12-16H2,1-2H3,(H2,29,34)/t18-,24?/m1/s1. The Balaban J connectivity index is 1.68. The normalized spacial score (nSPS) is 19.8. The maximum absolute atomic E-state index is 12.4. The molecule has 35 heavy (non-hydrogen) atoms. The maximum atomic E-state index is 12.4. The summed E-state index contributed by atoms with van der Waals surface area (Å²) in [5, 5.41) is 9.81. The molecule has 0 aliphatic carbocycles. The van der Waals surface area contributed by atoms with E-state index >= 15 is 0 Å². The summed E-state index contributed by atoms with van der Waals surface area (Å²) in [4.78, 5) is 25.9. The highest BCUT2D eigenvalue weighted by Crippen LogP contribution is 2.43. The second-order valence-corrected chi connectivity index (χ2v) is 10.4. The summed E-state index contributed by atoms with van der Waals surface area (Å²) in [6.07, 6.45) is 5.13. The molecular weight excluding hydrogens is 456 g/mol. The fourth-order valence-electron chi connectivity index (χ4n) is 5.41. The van der Waals surface area contributed by atoms with Crippen LogP contribution in [0.4, 0.5) is 11.5 Å². The second kappa shape index (κ2) is 11.1. The van der Waals surface area contributed by atoms with E-state index in [9.17, 15) is 10.1 Å². The van der Waals surface area contributed by atoms with E-state index in [0.717, 1.165) is 31.5 Å². The summed E-state index contributed by atoms with van der Waals surface area (Å²) >= 11 is 1.20. The molecule has 8 heteroatoms. The zero-order valence-electron chi connectivity index (χ0n) is 20.4. The molecule has 0 saturated carbocycles. The van der Waals surface area contributed by atoms with E-state index in [1.54, 1.807) is 0 Å². The molecule has 1 amide bonds. The lowest BCUT2D eigenvalue weighted by Crippen LogP contribution is -2.46. The number of piperidine rings is 1. The first-order valence-corrected chi connectivity index (χ1v) is 13.2. The van der Waals surface area contributed by atoms with Crippen molar-refractivity contribution in [3.63, 3.8) is 0 Å². The average Bonchev–Trinajstić information content (AvgIpc) is 3.32. The number of carbonyl (C=O) groups excluding carboxylic acids is 1. The predicted molar refractivity (Wildman–Crippen MR) is 139 cm³/mol. The maximum Gasteiger partial charge on any atom is 0.235 e. The molecule has 0 bridgehead atoms. The van der Waals surface area contributed by atoms with Crippen molar-refractivity contribution in [2.45, 2.75) is 68.3 Å². The molecule has 0 spiro atoms. The van der Waals surface area contributed by atoms with Gasteiger partial charge in [0, 0.05) is 25.2 Å². The highest BCUT2D eigenvalue weighted by molar-refractivity contribution is 8.00. The van der Waals surface area contributed by atoms with Crippen LogP contribution in [-0.2, 0) is 11.2 Å². The molecule has 2 saturated heterocycles. The Kier molecular flexibility index (Phi) is 7.95. The number of aromatic nitrogens is 1. The third-order valence-corrected chi connectivity index (χ3v) is 8.48. The fraction of sp³-hybridized carbons (Fsp3) is 0.481. The predicted octanol–water partition coefficient (Wildman–Crippen LogP) is 4.84. The van der Waals surface area contributed by atoms with Crippen LogP contribution in [0.1, 0.15) is 61.5 Å². The van der Waals surface area contributed by atoms with Gasteiger partial charge in [-0.25, -0.2) is 9.83 Å². The van der Waals surface area contributed by atoms with Crippen molar-refractivity contribution in [1.82, 2.24) is 9.88 Å². The third-order valence-electron chi connectivity index (χ3n) is 7.23. The summed E-state index contributed by atoms with van der Waals surface area (Å²) in [6.45, 7) is 15.0. The Morgan fingerprint density at radius 3 is 2.54 bits per heavy atom. The van der Waals surface area contributed by atoms with Crippen molar-refractivity contribution in [1.29, 1.82) is 5.26 Å². The number of hydrogen-bond acceptors (Lipinski definition) is 6. The van der Waals surface area contributed by atoms with Crippen LogP contribution in [0.3, 0.4) is 0 Å². The Hall–Kier alpha value is -3.07. The monoisotopic (exact) mass is 488 g/mol. The Morgan fingerprint density at radius 1 is 1.29 bits per heavy atom. The molecule has 1 aromatic carbocycles. The second-order valence-electron chi connectivity index (χ2n) is 9.28. The Labute approximate surface area is 212 Å². The van der Waals surface area contributed by atoms with Gasteiger partial charge in [0.1, 0.15) is 22.2 Å². The zero-order chi connectivity index (χ0) is 24.9. The van der Waals surface area contributed by atoms with Crippen LogP contribution < -0.4 is 10.6 Å². The molecule has 2 aliphatic rings. The molecule has 0 radical (unpaired) electrons. The van der Waals surface area contributed by atoms with E-state index in [2.05, 4.69) is 27.6 Å². The molecule has 2 aromatic rings. The van der Waals surface area contributed by atoms with Crippen molar-refractivity contribution in [2.24, 2.45) is 5.73 Å². The number of hydrogen-bond donors (Lipinski definition) is 1. The summed E-state index contributed by atoms with van der Waals surface area (Å²) in [5.74, 6) is 0.142. The number of nitrogens with two attached hydrogens (primary N) is 1. The molecule has 4 rings (SSSR count). The summed E-state index contributed by atoms with van der Waals surface area (Å²) in [7, 11) is 0. The van der Waals surface area contributed by atoms with E-state index in [1.807, 2.05) is 37.3 Å². The highest BCUT2D eigenvalue weighted by atomic mass is 32.2. The minimum atomic E-state index is -0.672. The number of nitriles is 1. The van der Waals surface area contributed by atoms with E-state index in [-0.39, 0.29) is 0 Å². The van der Waals surface area contributed by atoms with Gasteiger partial charge in [0.2, 0.25) is 11.6 Å². The van der Waals surface area contributed by atoms with Gasteiger partial charge in [0.05, 0.1) is 12.1 Å². The van der Waals surface area contributed by atoms with E-state index in [4.69, 9.17) is 17.3 Å². The van der Waals surface area contributed by atoms with E-state index < -0.39 is 11.2 Å². The number of carbonyl (C=O) groups is 1. The van der Waals surface area contributed by atoms with Crippen molar-refractivity contribution in [2.75, 3.05) is 24.5 Å². The number of nitrogens with zero attached hydrogens (tertiary/aromatic N) is 5. The average molecular weight is 489 g/mol. The zero-order valence-corrected chi connectivity index (χ0v) is 21.2. The first-order chi connectivity index (χ1) is 17.0. The number of benzene rings is 1. The van der Waals surface area contributed by atoms with Gasteiger partial charge in [0.15, 0.2) is 0 Å². The first-order valence-electron chi connectivity index (χ1n) is 12.3. The van der Waals surface area contributed by atoms with Crippen LogP contribution in [0.25, 0.3) is 4.85 Å². The smallest absolute Gasteiger partial charge is 0.235 e. The van der Waals surface area contributed by atoms with Crippen molar-refractivity contribution >= 4 is 29.2 Å². The van der Waals surface area contributed by atoms with Gasteiger partial charge in [-0.2, -0.15) is 5.26 Å². The van der Waals surface area contributed by atoms with E-state index in [1.165, 1.54) is 31.1 Å². The minimum absolute atomic E-state index is 0.371. The van der Waals surface area contributed by atoms with Crippen LogP contribution in [0.2, 0.25) is 0 Å². The summed E-state index contributed by atoms with van der Waals surface area (Å²) in [6, 6.07) is 12.8. The molecule has 3 heterocycles. The van der Waals surface area contributed by atoms with Crippen molar-refractivity contribution < 1.29 is 4.79 Å². The third kappa shape index (κ3) is 5.15. The fourth-order valence-corrected chi connectivity index (χ4v) is 6.47. The topological polar surface area (TPSA) is 90.6 Å². The molecule has 2 N–H and O–H groups in total. The molecular formula is C27H32N6OS. The molecule has 7 nitrogen and oxygen atoms in total. The van der Waals surface area contributed by atoms with Gasteiger partial charge in [0.25, 0.3) is 0 Å². The Morgan fingerprint density at radius 2 is 2.00 bits per heavy atom. The number of likely N-dealkylation sites (tertiary alicyclic amines) is 1. The first kappa shape index (κ1) is 25.0. The van der Waals surface area contributed by atoms with Crippen LogP contribution in [-0.4, -0.2) is 47.5 Å². The van der Waals surface area contributed by atoms with Gasteiger partial charge < -0.3 is 10.6 Å².